The molecule has 0 heterocycles. The Balaban J connectivity index is 0.000000596. The standard InChI is InChI=1S/C22H25Si.3ClH.Ti/c1-3-4-12-19-13-11-18-22(19)23(2,20-14-7-5-8-15-20)21-16-9-6-10-17-21;;;;/h5-11,13-18H,3-4,12H2,1-2H3;3*1H;/q-1;;;;+4/p-3. The monoisotopic (exact) mass is 470 g/mol. The quantitative estimate of drug-likeness (QED) is 0.309. The van der Waals surface area contributed by atoms with E-state index in [9.17, 15) is 0 Å². The summed E-state index contributed by atoms with van der Waals surface area (Å²) in [5, 5.41) is 4.58. The average molecular weight is 472 g/mol. The summed E-state index contributed by atoms with van der Waals surface area (Å²) in [4.78, 5) is 0. The first-order valence-corrected chi connectivity index (χ1v) is 18.1. The van der Waals surface area contributed by atoms with Crippen LogP contribution in [0.2, 0.25) is 6.55 Å². The van der Waals surface area contributed by atoms with Crippen LogP contribution in [-0.2, 0) is 21.1 Å². The Morgan fingerprint density at radius 1 is 0.815 bits per heavy atom. The molecule has 0 saturated carbocycles. The maximum atomic E-state index is 4.97. The molecule has 0 N–H and O–H groups in total. The molecule has 0 atom stereocenters. The molecule has 0 spiro atoms. The molecule has 3 aromatic carbocycles. The van der Waals surface area contributed by atoms with Crippen LogP contribution < -0.4 is 15.6 Å². The summed E-state index contributed by atoms with van der Waals surface area (Å²) in [6, 6.07) is 29.2. The van der Waals surface area contributed by atoms with Crippen molar-refractivity contribution in [2.24, 2.45) is 0 Å². The number of hydrogen-bond donors (Lipinski definition) is 0. The Labute approximate surface area is 182 Å². The zero-order valence-corrected chi connectivity index (χ0v) is 20.6. The van der Waals surface area contributed by atoms with Crippen LogP contribution in [0.3, 0.4) is 0 Å². The third-order valence-electron chi connectivity index (χ3n) is 4.95. The van der Waals surface area contributed by atoms with Gasteiger partial charge in [-0.1, -0.05) is 104 Å². The van der Waals surface area contributed by atoms with Gasteiger partial charge in [0.1, 0.15) is 0 Å². The Kier molecular flexibility index (Phi) is 9.79. The van der Waals surface area contributed by atoms with E-state index < -0.39 is 22.8 Å². The van der Waals surface area contributed by atoms with Gasteiger partial charge in [0, 0.05) is 0 Å². The summed E-state index contributed by atoms with van der Waals surface area (Å²) < 4.78 is 0. The van der Waals surface area contributed by atoms with Gasteiger partial charge in [0.05, 0.1) is 8.07 Å². The molecule has 3 rings (SSSR count). The van der Waals surface area contributed by atoms with Crippen LogP contribution in [0.15, 0.2) is 78.9 Å². The van der Waals surface area contributed by atoms with Gasteiger partial charge in [-0.15, -0.1) is 5.19 Å². The van der Waals surface area contributed by atoms with E-state index in [1.54, 1.807) is 10.8 Å². The van der Waals surface area contributed by atoms with Gasteiger partial charge in [-0.2, -0.15) is 11.6 Å². The predicted molar refractivity (Wildman–Crippen MR) is 122 cm³/mol. The van der Waals surface area contributed by atoms with E-state index in [0.717, 1.165) is 0 Å². The average Bonchev–Trinajstić information content (AvgIpc) is 3.16. The van der Waals surface area contributed by atoms with E-state index in [-0.39, 0.29) is 0 Å². The Morgan fingerprint density at radius 2 is 1.30 bits per heavy atom. The van der Waals surface area contributed by atoms with Gasteiger partial charge in [0.25, 0.3) is 0 Å². The van der Waals surface area contributed by atoms with Crippen molar-refractivity contribution in [3.05, 3.63) is 84.4 Å². The third-order valence-corrected chi connectivity index (χ3v) is 9.49. The Hall–Kier alpha value is -0.409. The molecular weight excluding hydrogens is 447 g/mol. The van der Waals surface area contributed by atoms with Gasteiger partial charge in [-0.25, -0.2) is 12.1 Å². The zero-order valence-electron chi connectivity index (χ0n) is 15.8. The summed E-state index contributed by atoms with van der Waals surface area (Å²) in [6.07, 6.45) is 3.71. The summed E-state index contributed by atoms with van der Waals surface area (Å²) in [5.74, 6) is 0. The van der Waals surface area contributed by atoms with Crippen LogP contribution >= 0.6 is 27.9 Å². The molecule has 5 heteroatoms. The topological polar surface area (TPSA) is 0 Å². The zero-order chi connectivity index (χ0) is 19.7. The van der Waals surface area contributed by atoms with Crippen molar-refractivity contribution in [3.8, 4) is 0 Å². The van der Waals surface area contributed by atoms with E-state index >= 15 is 0 Å². The molecule has 0 radical (unpaired) electrons. The molecule has 3 aromatic rings. The second-order valence-electron chi connectivity index (χ2n) is 6.64. The minimum atomic E-state index is -1.92. The molecule has 0 fully saturated rings. The molecule has 0 unspecified atom stereocenters. The van der Waals surface area contributed by atoms with Gasteiger partial charge in [0.2, 0.25) is 0 Å². The van der Waals surface area contributed by atoms with Crippen LogP contribution in [0.5, 0.6) is 0 Å². The summed E-state index contributed by atoms with van der Waals surface area (Å²) >= 11 is -1.92. The number of unbranched alkanes of at least 4 members (excludes halogenated alkanes) is 1. The van der Waals surface area contributed by atoms with Gasteiger partial charge in [-0.3, -0.25) is 0 Å². The van der Waals surface area contributed by atoms with Crippen LogP contribution in [0.4, 0.5) is 0 Å². The molecule has 0 aliphatic rings. The number of benzene rings is 2. The fourth-order valence-electron chi connectivity index (χ4n) is 3.55. The van der Waals surface area contributed by atoms with Gasteiger partial charge >= 0.3 is 42.6 Å². The fraction of sp³-hybridized carbons (Fsp3) is 0.227. The third kappa shape index (κ3) is 6.29. The normalized spacial score (nSPS) is 10.9. The van der Waals surface area contributed by atoms with Gasteiger partial charge < -0.3 is 0 Å². The first-order chi connectivity index (χ1) is 13.0. The fourth-order valence-corrected chi connectivity index (χ4v) is 7.50. The van der Waals surface area contributed by atoms with E-state index in [1.165, 1.54) is 29.6 Å². The van der Waals surface area contributed by atoms with E-state index in [0.29, 0.717) is 0 Å². The molecular formula is C22H25Cl3SiTi. The van der Waals surface area contributed by atoms with Crippen molar-refractivity contribution in [2.75, 3.05) is 0 Å². The molecule has 27 heavy (non-hydrogen) atoms. The second-order valence-corrected chi connectivity index (χ2v) is 18.3. The molecule has 0 saturated heterocycles. The predicted octanol–water partition coefficient (Wildman–Crippen LogP) is 5.91. The number of rotatable bonds is 6. The van der Waals surface area contributed by atoms with Crippen molar-refractivity contribution in [1.82, 2.24) is 0 Å². The van der Waals surface area contributed by atoms with Crippen LogP contribution in [-0.4, -0.2) is 8.07 Å². The van der Waals surface area contributed by atoms with E-state index in [2.05, 4.69) is 92.3 Å². The molecule has 0 aliphatic heterocycles. The summed E-state index contributed by atoms with van der Waals surface area (Å²) in [7, 11) is 13.0. The van der Waals surface area contributed by atoms with Gasteiger partial charge in [0.15, 0.2) is 0 Å². The molecule has 0 bridgehead atoms. The molecule has 0 aliphatic carbocycles. The summed E-state index contributed by atoms with van der Waals surface area (Å²) in [5.41, 5.74) is 1.55. The number of halogens is 3. The van der Waals surface area contributed by atoms with Crippen molar-refractivity contribution < 1.29 is 14.7 Å². The minimum absolute atomic E-state index is 1.20. The number of hydrogen-bond acceptors (Lipinski definition) is 0. The van der Waals surface area contributed by atoms with Gasteiger partial charge in [-0.05, 0) is 0 Å². The van der Waals surface area contributed by atoms with E-state index in [1.807, 2.05) is 0 Å². The van der Waals surface area contributed by atoms with Crippen LogP contribution in [0.1, 0.15) is 25.3 Å². The molecule has 142 valence electrons. The molecule has 0 aromatic heterocycles. The van der Waals surface area contributed by atoms with Crippen molar-refractivity contribution >= 4 is 51.5 Å². The Bertz CT molecular complexity index is 745. The van der Waals surface area contributed by atoms with Crippen molar-refractivity contribution in [2.45, 2.75) is 32.7 Å². The second kappa shape index (κ2) is 11.6. The van der Waals surface area contributed by atoms with Crippen molar-refractivity contribution in [3.63, 3.8) is 0 Å². The van der Waals surface area contributed by atoms with Crippen LogP contribution in [0.25, 0.3) is 0 Å². The van der Waals surface area contributed by atoms with Crippen molar-refractivity contribution in [1.29, 1.82) is 0 Å². The van der Waals surface area contributed by atoms with E-state index in [4.69, 9.17) is 27.9 Å². The first-order valence-electron chi connectivity index (χ1n) is 9.19. The SMILES string of the molecule is CCCCc1ccc[c-]1[Si](C)(c1ccccc1)c1ccccc1.[Cl][Ti+]([Cl])[Cl]. The molecule has 0 amide bonds. The number of aryl methyl sites for hydroxylation is 1. The Morgan fingerprint density at radius 3 is 1.74 bits per heavy atom. The molecule has 0 nitrogen and oxygen atoms in total. The maximum absolute atomic E-state index is 4.97. The first kappa shape index (κ1) is 22.9. The van der Waals surface area contributed by atoms with Crippen LogP contribution in [0, 0.1) is 0 Å². The summed E-state index contributed by atoms with van der Waals surface area (Å²) in [6.45, 7) is 4.77.